The number of hydrogen-bond acceptors (Lipinski definition) is 3. The van der Waals surface area contributed by atoms with Crippen LogP contribution in [0.15, 0.2) is 0 Å². The molecule has 14 heavy (non-hydrogen) atoms. The van der Waals surface area contributed by atoms with Crippen LogP contribution < -0.4 is 10.6 Å². The molecule has 4 nitrogen and oxygen atoms in total. The molecule has 0 aromatic rings. The summed E-state index contributed by atoms with van der Waals surface area (Å²) in [6.45, 7) is 4.46. The lowest BCUT2D eigenvalue weighted by molar-refractivity contribution is -0.121. The number of nitrogens with one attached hydrogen (secondary N) is 2. The smallest absolute Gasteiger partial charge is 0.234 e. The van der Waals surface area contributed by atoms with Crippen LogP contribution in [-0.4, -0.2) is 35.7 Å². The molecule has 1 atom stereocenters. The number of carbonyl (C=O) groups is 1. The summed E-state index contributed by atoms with van der Waals surface area (Å²) in [7, 11) is 0. The fraction of sp³-hybridized carbons (Fsp3) is 0.900. The summed E-state index contributed by atoms with van der Waals surface area (Å²) < 4.78 is 0. The van der Waals surface area contributed by atoms with Crippen LogP contribution in [0.2, 0.25) is 0 Å². The third-order valence-electron chi connectivity index (χ3n) is 2.80. The van der Waals surface area contributed by atoms with E-state index in [1.807, 2.05) is 13.8 Å². The van der Waals surface area contributed by atoms with Gasteiger partial charge < -0.3 is 15.7 Å². The zero-order valence-electron chi connectivity index (χ0n) is 8.97. The van der Waals surface area contributed by atoms with Crippen molar-refractivity contribution < 1.29 is 9.90 Å². The normalized spacial score (nSPS) is 20.2. The van der Waals surface area contributed by atoms with Crippen molar-refractivity contribution in [1.82, 2.24) is 10.6 Å². The lowest BCUT2D eigenvalue weighted by Crippen LogP contribution is -2.44. The first-order valence-electron chi connectivity index (χ1n) is 5.27. The molecular weight excluding hydrogens is 180 g/mol. The minimum atomic E-state index is -0.146. The minimum Gasteiger partial charge on any atom is -0.394 e. The maximum atomic E-state index is 11.3. The van der Waals surface area contributed by atoms with E-state index in [4.69, 9.17) is 5.11 Å². The minimum absolute atomic E-state index is 0.0130. The van der Waals surface area contributed by atoms with E-state index in [1.54, 1.807) is 0 Å². The van der Waals surface area contributed by atoms with Crippen molar-refractivity contribution in [3.05, 3.63) is 0 Å². The van der Waals surface area contributed by atoms with Crippen LogP contribution in [0.25, 0.3) is 0 Å². The molecule has 0 spiro atoms. The molecule has 1 unspecified atom stereocenters. The van der Waals surface area contributed by atoms with Gasteiger partial charge >= 0.3 is 0 Å². The van der Waals surface area contributed by atoms with Crippen molar-refractivity contribution in [2.24, 2.45) is 0 Å². The van der Waals surface area contributed by atoms with Crippen LogP contribution >= 0.6 is 0 Å². The molecule has 3 N–H and O–H groups in total. The van der Waals surface area contributed by atoms with Crippen molar-refractivity contribution >= 4 is 5.91 Å². The van der Waals surface area contributed by atoms with Gasteiger partial charge in [0.1, 0.15) is 0 Å². The highest BCUT2D eigenvalue weighted by Crippen LogP contribution is 2.34. The summed E-state index contributed by atoms with van der Waals surface area (Å²) in [6.07, 6.45) is 2.89. The highest BCUT2D eigenvalue weighted by molar-refractivity contribution is 5.78. The van der Waals surface area contributed by atoms with E-state index in [2.05, 4.69) is 10.6 Å². The van der Waals surface area contributed by atoms with Gasteiger partial charge in [0.25, 0.3) is 0 Å². The van der Waals surface area contributed by atoms with Gasteiger partial charge in [-0.1, -0.05) is 6.92 Å². The van der Waals surface area contributed by atoms with Crippen LogP contribution in [0, 0.1) is 0 Å². The maximum absolute atomic E-state index is 11.3. The number of hydrogen-bond donors (Lipinski definition) is 3. The molecule has 0 aliphatic heterocycles. The first-order valence-corrected chi connectivity index (χ1v) is 5.27. The first kappa shape index (κ1) is 11.5. The van der Waals surface area contributed by atoms with Crippen LogP contribution in [0.5, 0.6) is 0 Å². The summed E-state index contributed by atoms with van der Waals surface area (Å²) in [5.41, 5.74) is -0.146. The second-order valence-electron chi connectivity index (χ2n) is 4.17. The molecular formula is C10H20N2O2. The van der Waals surface area contributed by atoms with E-state index in [0.717, 1.165) is 19.3 Å². The zero-order chi connectivity index (χ0) is 10.6. The van der Waals surface area contributed by atoms with Crippen LogP contribution in [0.4, 0.5) is 0 Å². The quantitative estimate of drug-likeness (QED) is 0.566. The Morgan fingerprint density at radius 3 is 2.64 bits per heavy atom. The lowest BCUT2D eigenvalue weighted by atomic mass is 10.2. The average molecular weight is 200 g/mol. The fourth-order valence-electron chi connectivity index (χ4n) is 1.24. The predicted octanol–water partition coefficient (Wildman–Crippen LogP) is 0.0156. The Labute approximate surface area is 85.1 Å². The van der Waals surface area contributed by atoms with Gasteiger partial charge in [0.2, 0.25) is 5.91 Å². The number of aliphatic hydroxyl groups excluding tert-OH is 1. The Morgan fingerprint density at radius 1 is 1.57 bits per heavy atom. The monoisotopic (exact) mass is 200 g/mol. The SMILES string of the molecule is CCC(C)NC(=O)CNC1(CO)CC1. The van der Waals surface area contributed by atoms with Gasteiger partial charge in [-0.05, 0) is 26.2 Å². The number of amides is 1. The molecule has 82 valence electrons. The van der Waals surface area contributed by atoms with E-state index in [9.17, 15) is 4.79 Å². The van der Waals surface area contributed by atoms with Crippen molar-refractivity contribution in [1.29, 1.82) is 0 Å². The molecule has 1 rings (SSSR count). The topological polar surface area (TPSA) is 61.4 Å². The molecule has 0 bridgehead atoms. The lowest BCUT2D eigenvalue weighted by Gasteiger charge is -2.16. The molecule has 0 heterocycles. The summed E-state index contributed by atoms with van der Waals surface area (Å²) >= 11 is 0. The van der Waals surface area contributed by atoms with Gasteiger partial charge in [0.05, 0.1) is 13.2 Å². The number of aliphatic hydroxyl groups is 1. The molecule has 0 aromatic carbocycles. The Morgan fingerprint density at radius 2 is 2.21 bits per heavy atom. The maximum Gasteiger partial charge on any atom is 0.234 e. The summed E-state index contributed by atoms with van der Waals surface area (Å²) in [6, 6.07) is 0.230. The van der Waals surface area contributed by atoms with Crippen molar-refractivity contribution in [2.45, 2.75) is 44.7 Å². The second kappa shape index (κ2) is 4.75. The van der Waals surface area contributed by atoms with Crippen molar-refractivity contribution in [3.63, 3.8) is 0 Å². The Kier molecular flexibility index (Phi) is 3.89. The van der Waals surface area contributed by atoms with E-state index < -0.39 is 0 Å². The average Bonchev–Trinajstić information content (AvgIpc) is 2.95. The van der Waals surface area contributed by atoms with E-state index >= 15 is 0 Å². The summed E-state index contributed by atoms with van der Waals surface area (Å²) in [5.74, 6) is 0.0130. The van der Waals surface area contributed by atoms with Crippen molar-refractivity contribution in [3.8, 4) is 0 Å². The molecule has 0 aromatic heterocycles. The van der Waals surface area contributed by atoms with Crippen molar-refractivity contribution in [2.75, 3.05) is 13.2 Å². The first-order chi connectivity index (χ1) is 6.62. The summed E-state index contributed by atoms with van der Waals surface area (Å²) in [4.78, 5) is 11.3. The Bertz CT molecular complexity index is 202. The Balaban J connectivity index is 2.15. The molecule has 1 saturated carbocycles. The zero-order valence-corrected chi connectivity index (χ0v) is 8.97. The van der Waals surface area contributed by atoms with Crippen LogP contribution in [-0.2, 0) is 4.79 Å². The Hall–Kier alpha value is -0.610. The third-order valence-corrected chi connectivity index (χ3v) is 2.80. The third kappa shape index (κ3) is 3.27. The van der Waals surface area contributed by atoms with Crippen LogP contribution in [0.3, 0.4) is 0 Å². The van der Waals surface area contributed by atoms with Crippen LogP contribution in [0.1, 0.15) is 33.1 Å². The van der Waals surface area contributed by atoms with Gasteiger partial charge in [-0.15, -0.1) is 0 Å². The van der Waals surface area contributed by atoms with Gasteiger partial charge in [0, 0.05) is 11.6 Å². The predicted molar refractivity (Wildman–Crippen MR) is 54.9 cm³/mol. The second-order valence-corrected chi connectivity index (χ2v) is 4.17. The molecule has 4 heteroatoms. The molecule has 0 radical (unpaired) electrons. The van der Waals surface area contributed by atoms with E-state index in [-0.39, 0.29) is 24.1 Å². The van der Waals surface area contributed by atoms with Gasteiger partial charge in [-0.2, -0.15) is 0 Å². The number of carbonyl (C=O) groups excluding carboxylic acids is 1. The largest absolute Gasteiger partial charge is 0.394 e. The molecule has 1 fully saturated rings. The van der Waals surface area contributed by atoms with E-state index in [0.29, 0.717) is 6.54 Å². The van der Waals surface area contributed by atoms with Gasteiger partial charge in [0.15, 0.2) is 0 Å². The molecule has 1 aliphatic carbocycles. The van der Waals surface area contributed by atoms with Gasteiger partial charge in [-0.3, -0.25) is 4.79 Å². The summed E-state index contributed by atoms with van der Waals surface area (Å²) in [5, 5.41) is 15.0. The fourth-order valence-corrected chi connectivity index (χ4v) is 1.24. The molecule has 0 saturated heterocycles. The molecule has 1 amide bonds. The highest BCUT2D eigenvalue weighted by atomic mass is 16.3. The standard InChI is InChI=1S/C10H20N2O2/c1-3-8(2)12-9(14)6-11-10(7-13)4-5-10/h8,11,13H,3-7H2,1-2H3,(H,12,14). The van der Waals surface area contributed by atoms with Gasteiger partial charge in [-0.25, -0.2) is 0 Å². The molecule has 1 aliphatic rings. The number of rotatable bonds is 6. The highest BCUT2D eigenvalue weighted by Gasteiger charge is 2.41. The van der Waals surface area contributed by atoms with E-state index in [1.165, 1.54) is 0 Å².